The van der Waals surface area contributed by atoms with Gasteiger partial charge in [-0.2, -0.15) is 26.3 Å². The molecule has 0 atom stereocenters. The Bertz CT molecular complexity index is 898. The Kier molecular flexibility index (Phi) is 6.88. The van der Waals surface area contributed by atoms with E-state index in [1.807, 2.05) is 12.1 Å². The normalized spacial score (nSPS) is 16.3. The largest absolute Gasteiger partial charge is 0.416 e. The zero-order chi connectivity index (χ0) is 22.6. The number of carbonyl (C=O) groups is 1. The van der Waals surface area contributed by atoms with Crippen molar-refractivity contribution < 1.29 is 31.1 Å². The number of nitrogens with zero attached hydrogens (tertiary/aromatic N) is 3. The van der Waals surface area contributed by atoms with E-state index in [0.29, 0.717) is 45.2 Å². The predicted octanol–water partition coefficient (Wildman–Crippen LogP) is 4.40. The zero-order valence-electron chi connectivity index (χ0n) is 16.5. The second-order valence-corrected chi connectivity index (χ2v) is 7.42. The van der Waals surface area contributed by atoms with Gasteiger partial charge in [-0.25, -0.2) is 0 Å². The summed E-state index contributed by atoms with van der Waals surface area (Å²) in [6.45, 7) is 2.62. The molecule has 1 aromatic carbocycles. The summed E-state index contributed by atoms with van der Waals surface area (Å²) in [5, 5.41) is 0. The van der Waals surface area contributed by atoms with Crippen LogP contribution in [0.5, 0.6) is 0 Å². The second kappa shape index (κ2) is 9.25. The minimum Gasteiger partial charge on any atom is -0.341 e. The number of hydrogen-bond acceptors (Lipinski definition) is 3. The van der Waals surface area contributed by atoms with Crippen molar-refractivity contribution in [3.63, 3.8) is 0 Å². The molecule has 1 fully saturated rings. The van der Waals surface area contributed by atoms with Crippen LogP contribution in [0, 0.1) is 0 Å². The minimum atomic E-state index is -4.99. The van der Waals surface area contributed by atoms with Crippen molar-refractivity contribution in [3.8, 4) is 0 Å². The van der Waals surface area contributed by atoms with Crippen LogP contribution in [0.2, 0.25) is 0 Å². The number of carbonyl (C=O) groups excluding carboxylic acids is 1. The molecule has 0 bridgehead atoms. The molecule has 2 heterocycles. The van der Waals surface area contributed by atoms with Crippen LogP contribution in [0.3, 0.4) is 0 Å². The number of aromatic nitrogens is 1. The molecule has 4 nitrogen and oxygen atoms in total. The Morgan fingerprint density at radius 2 is 1.74 bits per heavy atom. The zero-order valence-corrected chi connectivity index (χ0v) is 16.5. The Morgan fingerprint density at radius 1 is 0.968 bits per heavy atom. The van der Waals surface area contributed by atoms with E-state index < -0.39 is 41.4 Å². The third kappa shape index (κ3) is 6.19. The topological polar surface area (TPSA) is 36.4 Å². The van der Waals surface area contributed by atoms with Gasteiger partial charge < -0.3 is 4.90 Å². The number of amides is 1. The first kappa shape index (κ1) is 23.1. The SMILES string of the molecule is O=C(Cc1ccc(C(F)(F)F)cc1C(F)(F)F)N1CCCN(Cc2cccnc2)CC1. The summed E-state index contributed by atoms with van der Waals surface area (Å²) in [4.78, 5) is 20.3. The summed E-state index contributed by atoms with van der Waals surface area (Å²) >= 11 is 0. The molecule has 1 saturated heterocycles. The fourth-order valence-electron chi connectivity index (χ4n) is 3.57. The van der Waals surface area contributed by atoms with Gasteiger partial charge in [-0.15, -0.1) is 0 Å². The highest BCUT2D eigenvalue weighted by atomic mass is 19.4. The van der Waals surface area contributed by atoms with E-state index in [4.69, 9.17) is 0 Å². The predicted molar refractivity (Wildman–Crippen MR) is 101 cm³/mol. The van der Waals surface area contributed by atoms with Crippen LogP contribution in [0.15, 0.2) is 42.7 Å². The molecular weight excluding hydrogens is 424 g/mol. The number of pyridine rings is 1. The molecule has 2 aromatic rings. The lowest BCUT2D eigenvalue weighted by atomic mass is 10.00. The first-order valence-corrected chi connectivity index (χ1v) is 9.70. The molecular formula is C21H21F6N3O. The van der Waals surface area contributed by atoms with Gasteiger partial charge in [0.2, 0.25) is 5.91 Å². The number of benzene rings is 1. The molecule has 31 heavy (non-hydrogen) atoms. The second-order valence-electron chi connectivity index (χ2n) is 7.42. The number of alkyl halides is 6. The van der Waals surface area contributed by atoms with E-state index in [0.717, 1.165) is 11.6 Å². The molecule has 1 aromatic heterocycles. The molecule has 10 heteroatoms. The lowest BCUT2D eigenvalue weighted by Crippen LogP contribution is -2.36. The van der Waals surface area contributed by atoms with Crippen molar-refractivity contribution in [2.24, 2.45) is 0 Å². The average molecular weight is 445 g/mol. The first-order valence-electron chi connectivity index (χ1n) is 9.70. The third-order valence-corrected chi connectivity index (χ3v) is 5.15. The summed E-state index contributed by atoms with van der Waals surface area (Å²) in [5.41, 5.74) is -2.26. The molecule has 0 aliphatic carbocycles. The Hall–Kier alpha value is -2.62. The van der Waals surface area contributed by atoms with Gasteiger partial charge in [-0.1, -0.05) is 12.1 Å². The standard InChI is InChI=1S/C21H21F6N3O/c22-20(23,24)17-5-4-16(18(12-17)21(25,26)27)11-19(31)30-8-2-7-29(9-10-30)14-15-3-1-6-28-13-15/h1,3-6,12-13H,2,7-11,14H2. The van der Waals surface area contributed by atoms with E-state index in [2.05, 4.69) is 9.88 Å². The van der Waals surface area contributed by atoms with E-state index in [1.165, 1.54) is 4.90 Å². The van der Waals surface area contributed by atoms with Crippen molar-refractivity contribution in [2.45, 2.75) is 31.7 Å². The molecule has 0 N–H and O–H groups in total. The smallest absolute Gasteiger partial charge is 0.341 e. The van der Waals surface area contributed by atoms with E-state index in [9.17, 15) is 31.1 Å². The van der Waals surface area contributed by atoms with E-state index >= 15 is 0 Å². The van der Waals surface area contributed by atoms with Crippen molar-refractivity contribution in [3.05, 3.63) is 65.0 Å². The Labute approximate surface area is 175 Å². The first-order chi connectivity index (χ1) is 14.5. The molecule has 1 amide bonds. The van der Waals surface area contributed by atoms with Crippen molar-refractivity contribution in [1.82, 2.24) is 14.8 Å². The van der Waals surface area contributed by atoms with Crippen LogP contribution in [0.4, 0.5) is 26.3 Å². The molecule has 0 unspecified atom stereocenters. The van der Waals surface area contributed by atoms with Crippen LogP contribution in [-0.2, 0) is 30.1 Å². The van der Waals surface area contributed by atoms with Crippen LogP contribution in [0.25, 0.3) is 0 Å². The summed E-state index contributed by atoms with van der Waals surface area (Å²) < 4.78 is 78.5. The number of halogens is 6. The van der Waals surface area contributed by atoms with Gasteiger partial charge in [-0.3, -0.25) is 14.7 Å². The highest BCUT2D eigenvalue weighted by molar-refractivity contribution is 5.79. The molecule has 0 spiro atoms. The van der Waals surface area contributed by atoms with Crippen molar-refractivity contribution in [1.29, 1.82) is 0 Å². The lowest BCUT2D eigenvalue weighted by molar-refractivity contribution is -0.143. The van der Waals surface area contributed by atoms with Gasteiger partial charge in [0.05, 0.1) is 17.5 Å². The fraction of sp³-hybridized carbons (Fsp3) is 0.429. The molecule has 1 aliphatic rings. The monoisotopic (exact) mass is 445 g/mol. The highest BCUT2D eigenvalue weighted by Crippen LogP contribution is 2.37. The van der Waals surface area contributed by atoms with Gasteiger partial charge in [0, 0.05) is 45.1 Å². The van der Waals surface area contributed by atoms with Crippen molar-refractivity contribution >= 4 is 5.91 Å². The van der Waals surface area contributed by atoms with Crippen molar-refractivity contribution in [2.75, 3.05) is 26.2 Å². The molecule has 168 valence electrons. The van der Waals surface area contributed by atoms with Gasteiger partial charge in [0.15, 0.2) is 0 Å². The van der Waals surface area contributed by atoms with Crippen LogP contribution in [0.1, 0.15) is 28.7 Å². The number of hydrogen-bond donors (Lipinski definition) is 0. The summed E-state index contributed by atoms with van der Waals surface area (Å²) in [6, 6.07) is 5.15. The maximum Gasteiger partial charge on any atom is 0.416 e. The van der Waals surface area contributed by atoms with E-state index in [1.54, 1.807) is 12.4 Å². The molecule has 3 rings (SSSR count). The van der Waals surface area contributed by atoms with Gasteiger partial charge >= 0.3 is 12.4 Å². The fourth-order valence-corrected chi connectivity index (χ4v) is 3.57. The van der Waals surface area contributed by atoms with Crippen LogP contribution in [-0.4, -0.2) is 46.9 Å². The Morgan fingerprint density at radius 3 is 2.39 bits per heavy atom. The van der Waals surface area contributed by atoms with Gasteiger partial charge in [-0.05, 0) is 35.7 Å². The molecule has 0 saturated carbocycles. The average Bonchev–Trinajstić information content (AvgIpc) is 2.93. The molecule has 0 radical (unpaired) electrons. The minimum absolute atomic E-state index is 0.0701. The maximum atomic E-state index is 13.3. The molecule has 1 aliphatic heterocycles. The maximum absolute atomic E-state index is 13.3. The quantitative estimate of drug-likeness (QED) is 0.655. The number of rotatable bonds is 4. The summed E-state index contributed by atoms with van der Waals surface area (Å²) in [5.74, 6) is -0.534. The third-order valence-electron chi connectivity index (χ3n) is 5.15. The summed E-state index contributed by atoms with van der Waals surface area (Å²) in [6.07, 6.45) is -6.43. The lowest BCUT2D eigenvalue weighted by Gasteiger charge is -2.23. The van der Waals surface area contributed by atoms with E-state index in [-0.39, 0.29) is 6.07 Å². The van der Waals surface area contributed by atoms with Gasteiger partial charge in [0.1, 0.15) is 0 Å². The van der Waals surface area contributed by atoms with Gasteiger partial charge in [0.25, 0.3) is 0 Å². The summed E-state index contributed by atoms with van der Waals surface area (Å²) in [7, 11) is 0. The van der Waals surface area contributed by atoms with Crippen LogP contribution >= 0.6 is 0 Å². The Balaban J connectivity index is 1.68. The highest BCUT2D eigenvalue weighted by Gasteiger charge is 2.38. The van der Waals surface area contributed by atoms with Crippen LogP contribution < -0.4 is 0 Å².